The molecule has 3 amide bonds. The number of benzene rings is 2. The summed E-state index contributed by atoms with van der Waals surface area (Å²) in [6.45, 7) is 1.57. The van der Waals surface area contributed by atoms with E-state index in [1.807, 2.05) is 19.1 Å². The highest BCUT2D eigenvalue weighted by atomic mass is 16.5. The number of carbonyl (C=O) groups excluding carboxylic acids is 3. The molecule has 2 aromatic rings. The number of hydrogen-bond donors (Lipinski definition) is 1. The summed E-state index contributed by atoms with van der Waals surface area (Å²) in [7, 11) is 0. The minimum absolute atomic E-state index is 0.276. The van der Waals surface area contributed by atoms with Crippen molar-refractivity contribution in [1.82, 2.24) is 10.4 Å². The summed E-state index contributed by atoms with van der Waals surface area (Å²) >= 11 is 0. The normalized spacial score (nSPS) is 13.0. The van der Waals surface area contributed by atoms with Gasteiger partial charge in [0.1, 0.15) is 5.75 Å². The van der Waals surface area contributed by atoms with Crippen LogP contribution in [0.1, 0.15) is 26.3 Å². The Morgan fingerprint density at radius 2 is 1.57 bits per heavy atom. The van der Waals surface area contributed by atoms with Crippen molar-refractivity contribution >= 4 is 17.7 Å². The average Bonchev–Trinajstić information content (AvgIpc) is 2.80. The van der Waals surface area contributed by atoms with Crippen molar-refractivity contribution in [2.45, 2.75) is 6.92 Å². The van der Waals surface area contributed by atoms with E-state index in [4.69, 9.17) is 4.74 Å². The summed E-state index contributed by atoms with van der Waals surface area (Å²) < 4.78 is 5.40. The first kappa shape index (κ1) is 14.8. The predicted octanol–water partition coefficient (Wildman–Crippen LogP) is 1.70. The van der Waals surface area contributed by atoms with E-state index in [2.05, 4.69) is 5.43 Å². The average molecular weight is 310 g/mol. The molecule has 0 saturated carbocycles. The fraction of sp³-hybridized carbons (Fsp3) is 0.118. The quantitative estimate of drug-likeness (QED) is 0.872. The molecule has 0 spiro atoms. The Balaban J connectivity index is 1.64. The Labute approximate surface area is 132 Å². The van der Waals surface area contributed by atoms with Crippen molar-refractivity contribution in [2.75, 3.05) is 6.61 Å². The number of hydrazine groups is 1. The molecule has 0 saturated heterocycles. The molecule has 2 aromatic carbocycles. The zero-order valence-electron chi connectivity index (χ0n) is 12.4. The Morgan fingerprint density at radius 1 is 1.00 bits per heavy atom. The van der Waals surface area contributed by atoms with E-state index < -0.39 is 17.7 Å². The second kappa shape index (κ2) is 5.92. The maximum atomic E-state index is 12.1. The highest BCUT2D eigenvalue weighted by molar-refractivity contribution is 6.21. The van der Waals surface area contributed by atoms with Crippen molar-refractivity contribution in [1.29, 1.82) is 0 Å². The highest BCUT2D eigenvalue weighted by Gasteiger charge is 2.36. The number of rotatable bonds is 4. The Kier molecular flexibility index (Phi) is 3.80. The predicted molar refractivity (Wildman–Crippen MR) is 81.8 cm³/mol. The number of imide groups is 1. The fourth-order valence-electron chi connectivity index (χ4n) is 2.31. The van der Waals surface area contributed by atoms with E-state index in [1.54, 1.807) is 36.4 Å². The summed E-state index contributed by atoms with van der Waals surface area (Å²) in [5, 5.41) is 0.716. The molecule has 6 nitrogen and oxygen atoms in total. The summed E-state index contributed by atoms with van der Waals surface area (Å²) in [5.74, 6) is -1.10. The van der Waals surface area contributed by atoms with Crippen LogP contribution < -0.4 is 10.2 Å². The zero-order valence-corrected chi connectivity index (χ0v) is 12.4. The molecular weight excluding hydrogens is 296 g/mol. The lowest BCUT2D eigenvalue weighted by Gasteiger charge is -2.15. The number of hydrogen-bond acceptors (Lipinski definition) is 4. The van der Waals surface area contributed by atoms with E-state index in [0.717, 1.165) is 5.56 Å². The minimum Gasteiger partial charge on any atom is -0.483 e. The third-order valence-corrected chi connectivity index (χ3v) is 3.48. The van der Waals surface area contributed by atoms with Gasteiger partial charge in [0, 0.05) is 0 Å². The summed E-state index contributed by atoms with van der Waals surface area (Å²) in [4.78, 5) is 36.2. The Morgan fingerprint density at radius 3 is 2.17 bits per heavy atom. The van der Waals surface area contributed by atoms with Gasteiger partial charge in [-0.2, -0.15) is 5.01 Å². The van der Waals surface area contributed by atoms with Crippen molar-refractivity contribution in [3.05, 3.63) is 65.2 Å². The van der Waals surface area contributed by atoms with Gasteiger partial charge < -0.3 is 4.74 Å². The topological polar surface area (TPSA) is 75.7 Å². The largest absolute Gasteiger partial charge is 0.483 e. The van der Waals surface area contributed by atoms with Gasteiger partial charge in [0.25, 0.3) is 17.7 Å². The number of fused-ring (bicyclic) bond motifs is 1. The molecule has 3 rings (SSSR count). The van der Waals surface area contributed by atoms with Crippen LogP contribution in [0.15, 0.2) is 48.5 Å². The number of nitrogens with zero attached hydrogens (tertiary/aromatic N) is 1. The standard InChI is InChI=1S/C17H14N2O4/c1-11-6-2-5-9-14(11)23-10-15(20)18-19-16(21)12-7-3-4-8-13(12)17(19)22/h2-9H,10H2,1H3,(H,18,20). The molecule has 1 aliphatic heterocycles. The first-order chi connectivity index (χ1) is 11.1. The maximum absolute atomic E-state index is 12.1. The SMILES string of the molecule is Cc1ccccc1OCC(=O)NN1C(=O)c2ccccc2C1=O. The molecule has 0 aromatic heterocycles. The van der Waals surface area contributed by atoms with Gasteiger partial charge >= 0.3 is 0 Å². The third kappa shape index (κ3) is 2.78. The van der Waals surface area contributed by atoms with Crippen molar-refractivity contribution in [2.24, 2.45) is 0 Å². The molecule has 0 fully saturated rings. The second-order valence-electron chi connectivity index (χ2n) is 5.08. The van der Waals surface area contributed by atoms with Gasteiger partial charge in [-0.05, 0) is 30.7 Å². The van der Waals surface area contributed by atoms with Crippen LogP contribution in [0.2, 0.25) is 0 Å². The molecule has 23 heavy (non-hydrogen) atoms. The summed E-state index contributed by atoms with van der Waals surface area (Å²) in [6.07, 6.45) is 0. The van der Waals surface area contributed by atoms with Gasteiger partial charge in [-0.15, -0.1) is 0 Å². The first-order valence-corrected chi connectivity index (χ1v) is 7.03. The number of amides is 3. The van der Waals surface area contributed by atoms with Crippen LogP contribution in [0.5, 0.6) is 5.75 Å². The van der Waals surface area contributed by atoms with E-state index in [-0.39, 0.29) is 17.7 Å². The van der Waals surface area contributed by atoms with Crippen molar-refractivity contribution in [3.63, 3.8) is 0 Å². The van der Waals surface area contributed by atoms with Crippen LogP contribution in [-0.4, -0.2) is 29.3 Å². The number of carbonyl (C=O) groups is 3. The second-order valence-corrected chi connectivity index (χ2v) is 5.08. The summed E-state index contributed by atoms with van der Waals surface area (Å²) in [6, 6.07) is 13.7. The lowest BCUT2D eigenvalue weighted by Crippen LogP contribution is -2.47. The number of nitrogens with one attached hydrogen (secondary N) is 1. The lowest BCUT2D eigenvalue weighted by molar-refractivity contribution is -0.126. The molecule has 0 radical (unpaired) electrons. The van der Waals surface area contributed by atoms with E-state index in [9.17, 15) is 14.4 Å². The van der Waals surface area contributed by atoms with Gasteiger partial charge in [0.05, 0.1) is 11.1 Å². The molecule has 1 N–H and O–H groups in total. The molecule has 116 valence electrons. The molecular formula is C17H14N2O4. The number of para-hydroxylation sites is 1. The molecule has 6 heteroatoms. The van der Waals surface area contributed by atoms with Crippen molar-refractivity contribution in [3.8, 4) is 5.75 Å². The van der Waals surface area contributed by atoms with E-state index in [1.165, 1.54) is 0 Å². The first-order valence-electron chi connectivity index (χ1n) is 7.03. The third-order valence-electron chi connectivity index (χ3n) is 3.48. The van der Waals surface area contributed by atoms with E-state index >= 15 is 0 Å². The number of aryl methyl sites for hydroxylation is 1. The van der Waals surface area contributed by atoms with Gasteiger partial charge in [-0.3, -0.25) is 19.8 Å². The molecule has 1 aliphatic rings. The van der Waals surface area contributed by atoms with Gasteiger partial charge in [-0.1, -0.05) is 30.3 Å². The van der Waals surface area contributed by atoms with E-state index in [0.29, 0.717) is 10.8 Å². The Bertz CT molecular complexity index is 766. The van der Waals surface area contributed by atoms with Crippen molar-refractivity contribution < 1.29 is 19.1 Å². The van der Waals surface area contributed by atoms with Crippen LogP contribution in [0.4, 0.5) is 0 Å². The molecule has 0 aliphatic carbocycles. The molecule has 0 bridgehead atoms. The molecule has 0 atom stereocenters. The Hall–Kier alpha value is -3.15. The highest BCUT2D eigenvalue weighted by Crippen LogP contribution is 2.20. The van der Waals surface area contributed by atoms with Gasteiger partial charge in [0.2, 0.25) is 0 Å². The van der Waals surface area contributed by atoms with Crippen LogP contribution in [0, 0.1) is 6.92 Å². The van der Waals surface area contributed by atoms with Crippen LogP contribution in [0.3, 0.4) is 0 Å². The lowest BCUT2D eigenvalue weighted by atomic mass is 10.1. The fourth-order valence-corrected chi connectivity index (χ4v) is 2.31. The van der Waals surface area contributed by atoms with Gasteiger partial charge in [0.15, 0.2) is 6.61 Å². The van der Waals surface area contributed by atoms with Crippen LogP contribution >= 0.6 is 0 Å². The summed E-state index contributed by atoms with van der Waals surface area (Å²) in [5.41, 5.74) is 3.73. The number of ether oxygens (including phenoxy) is 1. The molecule has 0 unspecified atom stereocenters. The van der Waals surface area contributed by atoms with Crippen LogP contribution in [-0.2, 0) is 4.79 Å². The van der Waals surface area contributed by atoms with Crippen LogP contribution in [0.25, 0.3) is 0 Å². The monoisotopic (exact) mass is 310 g/mol. The van der Waals surface area contributed by atoms with Gasteiger partial charge in [-0.25, -0.2) is 0 Å². The minimum atomic E-state index is -0.581. The molecule has 1 heterocycles. The zero-order chi connectivity index (χ0) is 16.4. The smallest absolute Gasteiger partial charge is 0.280 e. The maximum Gasteiger partial charge on any atom is 0.280 e.